The fourth-order valence-electron chi connectivity index (χ4n) is 3.27. The third-order valence-electron chi connectivity index (χ3n) is 4.74. The van der Waals surface area contributed by atoms with Crippen molar-refractivity contribution in [1.82, 2.24) is 19.9 Å². The maximum Gasteiger partial charge on any atom is 0.276 e. The lowest BCUT2D eigenvalue weighted by Gasteiger charge is -2.31. The maximum atomic E-state index is 13.0. The van der Waals surface area contributed by atoms with Crippen LogP contribution in [0.1, 0.15) is 42.4 Å². The summed E-state index contributed by atoms with van der Waals surface area (Å²) >= 11 is 6.10. The minimum absolute atomic E-state index is 0.0350. The van der Waals surface area contributed by atoms with Gasteiger partial charge in [0.25, 0.3) is 5.91 Å². The molecule has 1 fully saturated rings. The van der Waals surface area contributed by atoms with Gasteiger partial charge in [-0.05, 0) is 49.9 Å². The summed E-state index contributed by atoms with van der Waals surface area (Å²) in [5, 5.41) is 9.07. The van der Waals surface area contributed by atoms with Gasteiger partial charge >= 0.3 is 0 Å². The quantitative estimate of drug-likeness (QED) is 0.888. The van der Waals surface area contributed by atoms with Crippen LogP contribution >= 0.6 is 11.6 Å². The smallest absolute Gasteiger partial charge is 0.276 e. The molecule has 1 aliphatic rings. The van der Waals surface area contributed by atoms with E-state index in [0.717, 1.165) is 50.2 Å². The summed E-state index contributed by atoms with van der Waals surface area (Å²) in [6, 6.07) is 7.43. The van der Waals surface area contributed by atoms with Crippen molar-refractivity contribution in [2.75, 3.05) is 19.6 Å². The first-order valence-electron chi connectivity index (χ1n) is 8.84. The summed E-state index contributed by atoms with van der Waals surface area (Å²) in [5.74, 6) is 0.480. The Morgan fingerprint density at radius 1 is 1.36 bits per heavy atom. The minimum Gasteiger partial charge on any atom is -0.337 e. The molecule has 3 rings (SSSR count). The number of likely N-dealkylation sites (tertiary alicyclic amines) is 1. The molecule has 0 spiro atoms. The SMILES string of the molecule is CCCc1c(C(=O)N2CCC(CN)CC2)nnn1-c1cccc(Cl)c1. The molecular formula is C18H24ClN5O. The molecule has 2 aromatic rings. The van der Waals surface area contributed by atoms with Crippen LogP contribution in [-0.4, -0.2) is 45.4 Å². The third kappa shape index (κ3) is 3.85. The molecule has 0 saturated carbocycles. The number of halogens is 1. The van der Waals surface area contributed by atoms with Crippen LogP contribution in [0.15, 0.2) is 24.3 Å². The Balaban J connectivity index is 1.88. The van der Waals surface area contributed by atoms with E-state index in [4.69, 9.17) is 17.3 Å². The highest BCUT2D eigenvalue weighted by Crippen LogP contribution is 2.22. The van der Waals surface area contributed by atoms with E-state index in [1.165, 1.54) is 0 Å². The topological polar surface area (TPSA) is 77.0 Å². The number of aromatic nitrogens is 3. The number of carbonyl (C=O) groups is 1. The highest BCUT2D eigenvalue weighted by atomic mass is 35.5. The van der Waals surface area contributed by atoms with Crippen LogP contribution in [0.5, 0.6) is 0 Å². The van der Waals surface area contributed by atoms with Crippen molar-refractivity contribution in [3.8, 4) is 5.69 Å². The molecule has 1 aliphatic heterocycles. The number of hydrogen-bond acceptors (Lipinski definition) is 4. The van der Waals surface area contributed by atoms with Crippen molar-refractivity contribution in [3.63, 3.8) is 0 Å². The van der Waals surface area contributed by atoms with Gasteiger partial charge in [0.2, 0.25) is 0 Å². The molecule has 0 aliphatic carbocycles. The predicted molar refractivity (Wildman–Crippen MR) is 98.0 cm³/mol. The lowest BCUT2D eigenvalue weighted by atomic mass is 9.97. The Bertz CT molecular complexity index is 737. The van der Waals surface area contributed by atoms with Gasteiger partial charge in [0.1, 0.15) is 0 Å². The van der Waals surface area contributed by atoms with Crippen molar-refractivity contribution in [1.29, 1.82) is 0 Å². The molecule has 1 aromatic heterocycles. The van der Waals surface area contributed by atoms with Gasteiger partial charge in [0.15, 0.2) is 5.69 Å². The molecule has 6 nitrogen and oxygen atoms in total. The van der Waals surface area contributed by atoms with Crippen LogP contribution in [0, 0.1) is 5.92 Å². The first-order chi connectivity index (χ1) is 12.1. The van der Waals surface area contributed by atoms with Gasteiger partial charge in [-0.2, -0.15) is 0 Å². The monoisotopic (exact) mass is 361 g/mol. The van der Waals surface area contributed by atoms with Crippen molar-refractivity contribution >= 4 is 17.5 Å². The van der Waals surface area contributed by atoms with Crippen LogP contribution in [0.25, 0.3) is 5.69 Å². The van der Waals surface area contributed by atoms with Crippen LogP contribution < -0.4 is 5.73 Å². The fourth-order valence-corrected chi connectivity index (χ4v) is 3.45. The van der Waals surface area contributed by atoms with Gasteiger partial charge in [0.05, 0.1) is 11.4 Å². The highest BCUT2D eigenvalue weighted by Gasteiger charge is 2.28. The second-order valence-corrected chi connectivity index (χ2v) is 6.93. The second kappa shape index (κ2) is 7.97. The summed E-state index contributed by atoms with van der Waals surface area (Å²) in [6.45, 7) is 4.23. The summed E-state index contributed by atoms with van der Waals surface area (Å²) in [6.07, 6.45) is 3.55. The largest absolute Gasteiger partial charge is 0.337 e. The van der Waals surface area contributed by atoms with E-state index in [0.29, 0.717) is 23.2 Å². The van der Waals surface area contributed by atoms with Gasteiger partial charge in [0, 0.05) is 18.1 Å². The molecule has 0 radical (unpaired) electrons. The summed E-state index contributed by atoms with van der Waals surface area (Å²) < 4.78 is 1.73. The first-order valence-corrected chi connectivity index (χ1v) is 9.21. The molecule has 134 valence electrons. The Morgan fingerprint density at radius 3 is 2.76 bits per heavy atom. The Morgan fingerprint density at radius 2 is 2.12 bits per heavy atom. The number of nitrogens with zero attached hydrogens (tertiary/aromatic N) is 4. The minimum atomic E-state index is -0.0350. The first kappa shape index (κ1) is 17.9. The van der Waals surface area contributed by atoms with E-state index in [1.807, 2.05) is 29.2 Å². The van der Waals surface area contributed by atoms with Crippen LogP contribution in [-0.2, 0) is 6.42 Å². The van der Waals surface area contributed by atoms with Crippen LogP contribution in [0.2, 0.25) is 5.02 Å². The summed E-state index contributed by atoms with van der Waals surface area (Å²) in [4.78, 5) is 14.8. The Labute approximate surface area is 152 Å². The zero-order valence-electron chi connectivity index (χ0n) is 14.5. The zero-order valence-corrected chi connectivity index (χ0v) is 15.2. The Hall–Kier alpha value is -1.92. The number of rotatable bonds is 5. The average Bonchev–Trinajstić information content (AvgIpc) is 3.05. The number of nitrogens with two attached hydrogens (primary N) is 1. The fraction of sp³-hybridized carbons (Fsp3) is 0.500. The average molecular weight is 362 g/mol. The lowest BCUT2D eigenvalue weighted by Crippen LogP contribution is -2.40. The molecule has 1 aromatic carbocycles. The van der Waals surface area contributed by atoms with E-state index < -0.39 is 0 Å². The molecular weight excluding hydrogens is 338 g/mol. The van der Waals surface area contributed by atoms with Crippen LogP contribution in [0.4, 0.5) is 0 Å². The van der Waals surface area contributed by atoms with E-state index in [-0.39, 0.29) is 5.91 Å². The van der Waals surface area contributed by atoms with Gasteiger partial charge < -0.3 is 10.6 Å². The van der Waals surface area contributed by atoms with Crippen molar-refractivity contribution < 1.29 is 4.79 Å². The van der Waals surface area contributed by atoms with Gasteiger partial charge in [-0.3, -0.25) is 4.79 Å². The van der Waals surface area contributed by atoms with Crippen molar-refractivity contribution in [2.24, 2.45) is 11.7 Å². The zero-order chi connectivity index (χ0) is 17.8. The normalized spacial score (nSPS) is 15.6. The van der Waals surface area contributed by atoms with Gasteiger partial charge in [-0.15, -0.1) is 5.10 Å². The molecule has 2 N–H and O–H groups in total. The van der Waals surface area contributed by atoms with Crippen LogP contribution in [0.3, 0.4) is 0 Å². The summed E-state index contributed by atoms with van der Waals surface area (Å²) in [7, 11) is 0. The molecule has 0 unspecified atom stereocenters. The van der Waals surface area contributed by atoms with E-state index >= 15 is 0 Å². The molecule has 7 heteroatoms. The van der Waals surface area contributed by atoms with Gasteiger partial charge in [-0.25, -0.2) is 4.68 Å². The number of piperidine rings is 1. The lowest BCUT2D eigenvalue weighted by molar-refractivity contribution is 0.0686. The second-order valence-electron chi connectivity index (χ2n) is 6.50. The Kier molecular flexibility index (Phi) is 5.71. The number of benzene rings is 1. The molecule has 0 atom stereocenters. The molecule has 0 bridgehead atoms. The third-order valence-corrected chi connectivity index (χ3v) is 4.98. The standard InChI is InChI=1S/C18H24ClN5O/c1-2-4-16-17(18(25)23-9-7-13(12-20)8-10-23)21-22-24(16)15-6-3-5-14(19)11-15/h3,5-6,11,13H,2,4,7-10,12,20H2,1H3. The molecule has 1 amide bonds. The number of amides is 1. The summed E-state index contributed by atoms with van der Waals surface area (Å²) in [5.41, 5.74) is 7.86. The van der Waals surface area contributed by atoms with E-state index in [9.17, 15) is 4.79 Å². The molecule has 25 heavy (non-hydrogen) atoms. The van der Waals surface area contributed by atoms with Gasteiger partial charge in [-0.1, -0.05) is 36.2 Å². The van der Waals surface area contributed by atoms with E-state index in [1.54, 1.807) is 4.68 Å². The van der Waals surface area contributed by atoms with E-state index in [2.05, 4.69) is 17.2 Å². The number of carbonyl (C=O) groups excluding carboxylic acids is 1. The maximum absolute atomic E-state index is 13.0. The predicted octanol–water partition coefficient (Wildman–Crippen LogP) is 2.68. The van der Waals surface area contributed by atoms with Crippen molar-refractivity contribution in [2.45, 2.75) is 32.6 Å². The number of hydrogen-bond donors (Lipinski definition) is 1. The molecule has 2 heterocycles. The highest BCUT2D eigenvalue weighted by molar-refractivity contribution is 6.30. The van der Waals surface area contributed by atoms with Crippen molar-refractivity contribution in [3.05, 3.63) is 40.7 Å². The molecule has 1 saturated heterocycles.